The average Bonchev–Trinajstić information content (AvgIpc) is 3.15. The van der Waals surface area contributed by atoms with Crippen molar-refractivity contribution in [1.82, 2.24) is 19.9 Å². The number of amides is 1. The molecule has 3 aromatic rings. The van der Waals surface area contributed by atoms with Gasteiger partial charge in [0.15, 0.2) is 0 Å². The van der Waals surface area contributed by atoms with Crippen LogP contribution >= 0.6 is 0 Å². The van der Waals surface area contributed by atoms with Gasteiger partial charge >= 0.3 is 0 Å². The van der Waals surface area contributed by atoms with Gasteiger partial charge in [0.1, 0.15) is 5.69 Å². The van der Waals surface area contributed by atoms with Gasteiger partial charge < -0.3 is 9.88 Å². The summed E-state index contributed by atoms with van der Waals surface area (Å²) >= 11 is 0. The maximum Gasteiger partial charge on any atom is 0.254 e. The van der Waals surface area contributed by atoms with Gasteiger partial charge in [-0.05, 0) is 42.7 Å². The molecule has 3 heterocycles. The van der Waals surface area contributed by atoms with Gasteiger partial charge in [-0.25, -0.2) is 9.97 Å². The first-order chi connectivity index (χ1) is 12.7. The number of H-pyrrole nitrogens is 1. The molecule has 0 radical (unpaired) electrons. The molecule has 0 saturated carbocycles. The van der Waals surface area contributed by atoms with Crippen molar-refractivity contribution >= 4 is 5.91 Å². The van der Waals surface area contributed by atoms with E-state index in [9.17, 15) is 4.79 Å². The lowest BCUT2D eigenvalue weighted by Gasteiger charge is -2.26. The van der Waals surface area contributed by atoms with E-state index in [0.717, 1.165) is 28.9 Å². The van der Waals surface area contributed by atoms with Crippen molar-refractivity contribution in [3.05, 3.63) is 82.7 Å². The number of rotatable bonds is 1. The van der Waals surface area contributed by atoms with Gasteiger partial charge in [-0.1, -0.05) is 18.1 Å². The van der Waals surface area contributed by atoms with Crippen LogP contribution in [0.1, 0.15) is 38.6 Å². The van der Waals surface area contributed by atoms with Crippen molar-refractivity contribution in [3.63, 3.8) is 0 Å². The molecule has 1 aromatic carbocycles. The fourth-order valence-corrected chi connectivity index (χ4v) is 3.03. The van der Waals surface area contributed by atoms with Crippen LogP contribution in [-0.4, -0.2) is 32.3 Å². The second-order valence-corrected chi connectivity index (χ2v) is 6.30. The van der Waals surface area contributed by atoms with Crippen LogP contribution < -0.4 is 0 Å². The fourth-order valence-electron chi connectivity index (χ4n) is 3.03. The summed E-state index contributed by atoms with van der Waals surface area (Å²) in [5.74, 6) is 6.22. The molecule has 5 nitrogen and oxygen atoms in total. The molecule has 1 aliphatic heterocycles. The Morgan fingerprint density at radius 2 is 2.12 bits per heavy atom. The second-order valence-electron chi connectivity index (χ2n) is 6.30. The largest absolute Gasteiger partial charge is 0.347 e. The highest BCUT2D eigenvalue weighted by Crippen LogP contribution is 2.19. The summed E-state index contributed by atoms with van der Waals surface area (Å²) in [7, 11) is 0. The second kappa shape index (κ2) is 6.85. The van der Waals surface area contributed by atoms with E-state index in [-0.39, 0.29) is 5.91 Å². The van der Waals surface area contributed by atoms with E-state index >= 15 is 0 Å². The molecule has 0 unspecified atom stereocenters. The third kappa shape index (κ3) is 3.22. The van der Waals surface area contributed by atoms with E-state index in [0.29, 0.717) is 24.3 Å². The summed E-state index contributed by atoms with van der Waals surface area (Å²) in [6, 6.07) is 11.3. The number of benzene rings is 1. The van der Waals surface area contributed by atoms with E-state index in [1.165, 1.54) is 0 Å². The lowest BCUT2D eigenvalue weighted by Crippen LogP contribution is -2.36. The maximum absolute atomic E-state index is 12.9. The average molecular weight is 342 g/mol. The minimum atomic E-state index is 0.0196. The summed E-state index contributed by atoms with van der Waals surface area (Å²) < 4.78 is 0. The molecule has 26 heavy (non-hydrogen) atoms. The Bertz CT molecular complexity index is 1010. The number of aryl methyl sites for hydroxylation is 1. The first-order valence-corrected chi connectivity index (χ1v) is 8.55. The molecule has 0 aliphatic carbocycles. The van der Waals surface area contributed by atoms with Crippen molar-refractivity contribution in [2.24, 2.45) is 0 Å². The third-order valence-corrected chi connectivity index (χ3v) is 4.54. The van der Waals surface area contributed by atoms with Crippen LogP contribution in [0.4, 0.5) is 0 Å². The molecule has 2 aromatic heterocycles. The van der Waals surface area contributed by atoms with Gasteiger partial charge in [0.25, 0.3) is 5.91 Å². The lowest BCUT2D eigenvalue weighted by molar-refractivity contribution is 0.0732. The highest BCUT2D eigenvalue weighted by Gasteiger charge is 2.23. The van der Waals surface area contributed by atoms with Gasteiger partial charge in [-0.3, -0.25) is 4.79 Å². The number of nitrogens with zero attached hydrogens (tertiary/aromatic N) is 3. The number of aromatic nitrogens is 3. The van der Waals surface area contributed by atoms with Gasteiger partial charge in [0.05, 0.1) is 24.3 Å². The van der Waals surface area contributed by atoms with Crippen molar-refractivity contribution < 1.29 is 4.79 Å². The van der Waals surface area contributed by atoms with Crippen molar-refractivity contribution in [3.8, 4) is 11.8 Å². The van der Waals surface area contributed by atoms with Gasteiger partial charge in [-0.2, -0.15) is 0 Å². The Balaban J connectivity index is 1.58. The van der Waals surface area contributed by atoms with Crippen LogP contribution in [0.2, 0.25) is 0 Å². The number of hydrogen-bond donors (Lipinski definition) is 1. The van der Waals surface area contributed by atoms with Crippen LogP contribution in [0, 0.1) is 18.8 Å². The molecule has 0 spiro atoms. The zero-order chi connectivity index (χ0) is 17.9. The number of carbonyl (C=O) groups is 1. The number of carbonyl (C=O) groups excluding carboxylic acids is 1. The molecule has 5 heteroatoms. The van der Waals surface area contributed by atoms with Gasteiger partial charge in [0.2, 0.25) is 0 Å². The Labute approximate surface area is 152 Å². The topological polar surface area (TPSA) is 61.9 Å². The quantitative estimate of drug-likeness (QED) is 0.692. The number of nitrogens with one attached hydrogen (secondary N) is 1. The van der Waals surface area contributed by atoms with Gasteiger partial charge in [-0.15, -0.1) is 0 Å². The van der Waals surface area contributed by atoms with E-state index < -0.39 is 0 Å². The third-order valence-electron chi connectivity index (χ3n) is 4.54. The molecule has 0 atom stereocenters. The first-order valence-electron chi connectivity index (χ1n) is 8.55. The molecule has 1 N–H and O–H groups in total. The summed E-state index contributed by atoms with van der Waals surface area (Å²) in [4.78, 5) is 26.4. The number of imidazole rings is 1. The summed E-state index contributed by atoms with van der Waals surface area (Å²) in [6.07, 6.45) is 4.19. The van der Waals surface area contributed by atoms with Gasteiger partial charge in [0, 0.05) is 30.3 Å². The lowest BCUT2D eigenvalue weighted by atomic mass is 10.0. The van der Waals surface area contributed by atoms with Crippen LogP contribution in [0.5, 0.6) is 0 Å². The van der Waals surface area contributed by atoms with Crippen LogP contribution in [0.3, 0.4) is 0 Å². The highest BCUT2D eigenvalue weighted by atomic mass is 16.2. The van der Waals surface area contributed by atoms with Crippen LogP contribution in [0.25, 0.3) is 0 Å². The van der Waals surface area contributed by atoms with Crippen molar-refractivity contribution in [2.45, 2.75) is 19.9 Å². The van der Waals surface area contributed by atoms with E-state index in [2.05, 4.69) is 26.8 Å². The Hall–Kier alpha value is -3.39. The minimum absolute atomic E-state index is 0.0196. The molecular weight excluding hydrogens is 324 g/mol. The number of hydrogen-bond acceptors (Lipinski definition) is 3. The summed E-state index contributed by atoms with van der Waals surface area (Å²) in [5, 5.41) is 0. The van der Waals surface area contributed by atoms with Crippen LogP contribution in [-0.2, 0) is 13.0 Å². The van der Waals surface area contributed by atoms with Crippen molar-refractivity contribution in [1.29, 1.82) is 0 Å². The van der Waals surface area contributed by atoms with Crippen LogP contribution in [0.15, 0.2) is 48.9 Å². The Kier molecular flexibility index (Phi) is 4.24. The van der Waals surface area contributed by atoms with E-state index in [1.54, 1.807) is 12.5 Å². The minimum Gasteiger partial charge on any atom is -0.347 e. The Morgan fingerprint density at radius 3 is 2.96 bits per heavy atom. The predicted octanol–water partition coefficient (Wildman–Crippen LogP) is 2.71. The number of fused-ring (bicyclic) bond motifs is 1. The summed E-state index contributed by atoms with van der Waals surface area (Å²) in [6.45, 7) is 3.24. The fraction of sp³-hybridized carbons (Fsp3) is 0.190. The molecule has 1 amide bonds. The number of aromatic amines is 1. The van der Waals surface area contributed by atoms with Crippen molar-refractivity contribution in [2.75, 3.05) is 6.54 Å². The Morgan fingerprint density at radius 1 is 1.19 bits per heavy atom. The van der Waals surface area contributed by atoms with E-state index in [4.69, 9.17) is 0 Å². The summed E-state index contributed by atoms with van der Waals surface area (Å²) in [5.41, 5.74) is 5.34. The standard InChI is InChI=1S/C21H18N4O/c1-15-5-6-17(12-16(15)7-8-18-4-2-3-10-22-18)21(26)25-11-9-19-20(13-25)24-14-23-19/h2-6,10,12,14H,9,11,13H2,1H3,(H,23,24). The smallest absolute Gasteiger partial charge is 0.254 e. The monoisotopic (exact) mass is 342 g/mol. The SMILES string of the molecule is Cc1ccc(C(=O)N2CCc3nc[nH]c3C2)cc1C#Cc1ccccn1. The molecule has 0 fully saturated rings. The molecule has 1 aliphatic rings. The zero-order valence-corrected chi connectivity index (χ0v) is 14.5. The zero-order valence-electron chi connectivity index (χ0n) is 14.5. The normalized spacial score (nSPS) is 12.9. The molecule has 128 valence electrons. The first kappa shape index (κ1) is 16.1. The van der Waals surface area contributed by atoms with E-state index in [1.807, 2.05) is 48.2 Å². The molecular formula is C21H18N4O. The molecule has 0 saturated heterocycles. The number of pyridine rings is 1. The predicted molar refractivity (Wildman–Crippen MR) is 98.4 cm³/mol. The molecule has 4 rings (SSSR count). The highest BCUT2D eigenvalue weighted by molar-refractivity contribution is 5.94. The molecule has 0 bridgehead atoms. The maximum atomic E-state index is 12.9.